The van der Waals surface area contributed by atoms with Gasteiger partial charge in [-0.2, -0.15) is 0 Å². The number of aryl methyl sites for hydroxylation is 1. The highest BCUT2D eigenvalue weighted by atomic mass is 32.1. The van der Waals surface area contributed by atoms with Gasteiger partial charge in [0.25, 0.3) is 0 Å². The van der Waals surface area contributed by atoms with Crippen molar-refractivity contribution in [1.29, 1.82) is 0 Å². The number of nitrogen functional groups attached to an aromatic ring is 1. The van der Waals surface area contributed by atoms with E-state index in [0.29, 0.717) is 12.2 Å². The normalized spacial score (nSPS) is 10.8. The van der Waals surface area contributed by atoms with Crippen LogP contribution in [0.15, 0.2) is 36.0 Å². The summed E-state index contributed by atoms with van der Waals surface area (Å²) >= 11 is 1.60. The van der Waals surface area contributed by atoms with E-state index in [1.54, 1.807) is 11.3 Å². The fourth-order valence-corrected chi connectivity index (χ4v) is 2.60. The molecule has 0 unspecified atom stereocenters. The van der Waals surface area contributed by atoms with E-state index in [9.17, 15) is 0 Å². The standard InChI is InChI=1S/C14H14N4S/c1-9-2-3-10(6-16-9)7-17-11-4-5-12-14(13(11)15)18-8-19-12/h2-6,8,17H,7,15H2,1H3. The third kappa shape index (κ3) is 2.37. The lowest BCUT2D eigenvalue weighted by Gasteiger charge is -2.09. The molecule has 3 aromatic rings. The highest BCUT2D eigenvalue weighted by Gasteiger charge is 2.06. The number of fused-ring (bicyclic) bond motifs is 1. The quantitative estimate of drug-likeness (QED) is 0.717. The van der Waals surface area contributed by atoms with Crippen LogP contribution in [0.3, 0.4) is 0 Å². The van der Waals surface area contributed by atoms with Crippen LogP contribution in [-0.4, -0.2) is 9.97 Å². The predicted octanol–water partition coefficient (Wildman–Crippen LogP) is 3.19. The maximum Gasteiger partial charge on any atom is 0.106 e. The molecule has 2 aromatic heterocycles. The van der Waals surface area contributed by atoms with Crippen molar-refractivity contribution in [2.75, 3.05) is 11.1 Å². The van der Waals surface area contributed by atoms with Crippen LogP contribution in [0.1, 0.15) is 11.3 Å². The van der Waals surface area contributed by atoms with Crippen LogP contribution in [0.2, 0.25) is 0 Å². The largest absolute Gasteiger partial charge is 0.395 e. The number of rotatable bonds is 3. The Morgan fingerprint density at radius 1 is 1.21 bits per heavy atom. The maximum absolute atomic E-state index is 6.12. The Bertz CT molecular complexity index is 703. The molecule has 0 spiro atoms. The second-order valence-electron chi connectivity index (χ2n) is 4.39. The van der Waals surface area contributed by atoms with Crippen molar-refractivity contribution in [3.8, 4) is 0 Å². The monoisotopic (exact) mass is 270 g/mol. The first-order valence-electron chi connectivity index (χ1n) is 6.01. The van der Waals surface area contributed by atoms with Gasteiger partial charge in [-0.05, 0) is 30.7 Å². The molecule has 2 heterocycles. The molecule has 0 amide bonds. The van der Waals surface area contributed by atoms with Crippen molar-refractivity contribution < 1.29 is 0 Å². The molecule has 0 aliphatic carbocycles. The van der Waals surface area contributed by atoms with Gasteiger partial charge in [0.15, 0.2) is 0 Å². The average molecular weight is 270 g/mol. The Balaban J connectivity index is 1.81. The fraction of sp³-hybridized carbons (Fsp3) is 0.143. The summed E-state index contributed by atoms with van der Waals surface area (Å²) in [6.45, 7) is 2.68. The molecule has 0 saturated heterocycles. The van der Waals surface area contributed by atoms with Gasteiger partial charge in [-0.25, -0.2) is 4.98 Å². The van der Waals surface area contributed by atoms with Crippen LogP contribution in [0, 0.1) is 6.92 Å². The van der Waals surface area contributed by atoms with Crippen LogP contribution >= 0.6 is 11.3 Å². The summed E-state index contributed by atoms with van der Waals surface area (Å²) in [6.07, 6.45) is 1.87. The van der Waals surface area contributed by atoms with Crippen LogP contribution in [-0.2, 0) is 6.54 Å². The number of anilines is 2. The van der Waals surface area contributed by atoms with Crippen molar-refractivity contribution >= 4 is 32.9 Å². The lowest BCUT2D eigenvalue weighted by Crippen LogP contribution is -2.03. The molecule has 0 fully saturated rings. The molecule has 3 rings (SSSR count). The van der Waals surface area contributed by atoms with Crippen molar-refractivity contribution in [1.82, 2.24) is 9.97 Å². The first-order chi connectivity index (χ1) is 9.24. The van der Waals surface area contributed by atoms with Gasteiger partial charge < -0.3 is 11.1 Å². The van der Waals surface area contributed by atoms with E-state index < -0.39 is 0 Å². The Morgan fingerprint density at radius 3 is 2.89 bits per heavy atom. The van der Waals surface area contributed by atoms with Crippen molar-refractivity contribution in [3.63, 3.8) is 0 Å². The third-order valence-electron chi connectivity index (χ3n) is 3.00. The van der Waals surface area contributed by atoms with Gasteiger partial charge in [-0.1, -0.05) is 6.07 Å². The van der Waals surface area contributed by atoms with E-state index in [2.05, 4.69) is 21.4 Å². The smallest absolute Gasteiger partial charge is 0.106 e. The Kier molecular flexibility index (Phi) is 3.05. The zero-order valence-electron chi connectivity index (χ0n) is 10.6. The van der Waals surface area contributed by atoms with Crippen LogP contribution < -0.4 is 11.1 Å². The minimum atomic E-state index is 0.702. The predicted molar refractivity (Wildman–Crippen MR) is 80.3 cm³/mol. The van der Waals surface area contributed by atoms with Gasteiger partial charge in [-0.15, -0.1) is 11.3 Å². The van der Waals surface area contributed by atoms with Crippen molar-refractivity contribution in [2.24, 2.45) is 0 Å². The number of hydrogen-bond acceptors (Lipinski definition) is 5. The van der Waals surface area contributed by atoms with E-state index in [0.717, 1.165) is 27.2 Å². The molecule has 5 heteroatoms. The van der Waals surface area contributed by atoms with E-state index in [1.165, 1.54) is 0 Å². The number of nitrogens with one attached hydrogen (secondary N) is 1. The number of pyridine rings is 1. The Hall–Kier alpha value is -2.14. The molecule has 0 atom stereocenters. The first kappa shape index (κ1) is 11.9. The zero-order valence-corrected chi connectivity index (χ0v) is 11.4. The van der Waals surface area contributed by atoms with Gasteiger partial charge in [0, 0.05) is 18.4 Å². The van der Waals surface area contributed by atoms with E-state index in [1.807, 2.05) is 36.8 Å². The molecular weight excluding hydrogens is 256 g/mol. The second kappa shape index (κ2) is 4.85. The summed E-state index contributed by atoms with van der Waals surface area (Å²) in [4.78, 5) is 8.56. The number of thiazole rings is 1. The number of benzene rings is 1. The molecule has 0 bridgehead atoms. The summed E-state index contributed by atoms with van der Waals surface area (Å²) in [5, 5.41) is 3.33. The summed E-state index contributed by atoms with van der Waals surface area (Å²) < 4.78 is 1.11. The molecule has 1 aromatic carbocycles. The van der Waals surface area contributed by atoms with E-state index >= 15 is 0 Å². The van der Waals surface area contributed by atoms with E-state index in [-0.39, 0.29) is 0 Å². The second-order valence-corrected chi connectivity index (χ2v) is 5.27. The Morgan fingerprint density at radius 2 is 2.11 bits per heavy atom. The van der Waals surface area contributed by atoms with Crippen molar-refractivity contribution in [3.05, 3.63) is 47.2 Å². The Labute approximate surface area is 115 Å². The van der Waals surface area contributed by atoms with E-state index in [4.69, 9.17) is 5.73 Å². The minimum absolute atomic E-state index is 0.702. The zero-order chi connectivity index (χ0) is 13.2. The molecule has 0 aliphatic rings. The SMILES string of the molecule is Cc1ccc(CNc2ccc3scnc3c2N)cn1. The summed E-state index contributed by atoms with van der Waals surface area (Å²) in [5.74, 6) is 0. The van der Waals surface area contributed by atoms with Crippen LogP contribution in [0.5, 0.6) is 0 Å². The maximum atomic E-state index is 6.12. The summed E-state index contributed by atoms with van der Waals surface area (Å²) in [7, 11) is 0. The van der Waals surface area contributed by atoms with Gasteiger partial charge >= 0.3 is 0 Å². The van der Waals surface area contributed by atoms with Gasteiger partial charge in [-0.3, -0.25) is 4.98 Å². The van der Waals surface area contributed by atoms with Gasteiger partial charge in [0.2, 0.25) is 0 Å². The third-order valence-corrected chi connectivity index (χ3v) is 3.79. The average Bonchev–Trinajstić information content (AvgIpc) is 2.89. The molecular formula is C14H14N4S. The number of hydrogen-bond donors (Lipinski definition) is 2. The van der Waals surface area contributed by atoms with Crippen LogP contribution in [0.4, 0.5) is 11.4 Å². The van der Waals surface area contributed by atoms with Crippen molar-refractivity contribution in [2.45, 2.75) is 13.5 Å². The van der Waals surface area contributed by atoms with Crippen LogP contribution in [0.25, 0.3) is 10.2 Å². The number of nitrogens with two attached hydrogens (primary N) is 1. The number of aromatic nitrogens is 2. The van der Waals surface area contributed by atoms with Gasteiger partial charge in [0.05, 0.1) is 21.6 Å². The number of nitrogens with zero attached hydrogens (tertiary/aromatic N) is 2. The molecule has 0 radical (unpaired) electrons. The van der Waals surface area contributed by atoms with Gasteiger partial charge in [0.1, 0.15) is 5.52 Å². The lowest BCUT2D eigenvalue weighted by atomic mass is 10.2. The summed E-state index contributed by atoms with van der Waals surface area (Å²) in [6, 6.07) is 8.10. The molecule has 96 valence electrons. The molecule has 0 saturated carbocycles. The molecule has 3 N–H and O–H groups in total. The fourth-order valence-electron chi connectivity index (χ4n) is 1.91. The highest BCUT2D eigenvalue weighted by Crippen LogP contribution is 2.30. The highest BCUT2D eigenvalue weighted by molar-refractivity contribution is 7.16. The molecule has 19 heavy (non-hydrogen) atoms. The topological polar surface area (TPSA) is 63.8 Å². The first-order valence-corrected chi connectivity index (χ1v) is 6.89. The summed E-state index contributed by atoms with van der Waals surface area (Å²) in [5.41, 5.74) is 12.6. The molecule has 0 aliphatic heterocycles. The molecule has 4 nitrogen and oxygen atoms in total. The lowest BCUT2D eigenvalue weighted by molar-refractivity contribution is 1.09. The minimum Gasteiger partial charge on any atom is -0.395 e.